The molecule has 2 aromatic carbocycles. The molecule has 2 saturated heterocycles. The number of carbonyl (C=O) groups excluding carboxylic acids is 2. The first-order chi connectivity index (χ1) is 17.9. The number of ether oxygens (including phenoxy) is 2. The Kier molecular flexibility index (Phi) is 8.97. The van der Waals surface area contributed by atoms with E-state index >= 15 is 0 Å². The molecule has 2 atom stereocenters. The van der Waals surface area contributed by atoms with Crippen LogP contribution in [0.4, 0.5) is 5.69 Å². The van der Waals surface area contributed by atoms with Crippen molar-refractivity contribution in [3.05, 3.63) is 54.1 Å². The molecule has 198 valence electrons. The number of amides is 2. The third-order valence-corrected chi connectivity index (χ3v) is 6.81. The van der Waals surface area contributed by atoms with Gasteiger partial charge < -0.3 is 34.6 Å². The molecule has 2 amide bonds. The summed E-state index contributed by atoms with van der Waals surface area (Å²) in [5, 5.41) is 12.3. The number of hydrogen-bond acceptors (Lipinski definition) is 7. The van der Waals surface area contributed by atoms with Gasteiger partial charge in [-0.2, -0.15) is 0 Å². The molecule has 0 bridgehead atoms. The molecule has 0 spiro atoms. The molecule has 2 heterocycles. The molecule has 0 aliphatic carbocycles. The first kappa shape index (κ1) is 26.4. The van der Waals surface area contributed by atoms with E-state index in [1.165, 1.54) is 0 Å². The van der Waals surface area contributed by atoms with Crippen molar-refractivity contribution in [2.75, 3.05) is 57.9 Å². The van der Waals surface area contributed by atoms with Gasteiger partial charge in [0.15, 0.2) is 0 Å². The molecule has 4 rings (SSSR count). The summed E-state index contributed by atoms with van der Waals surface area (Å²) in [5.41, 5.74) is 1.54. The highest BCUT2D eigenvalue weighted by atomic mass is 16.5. The summed E-state index contributed by atoms with van der Waals surface area (Å²) in [6, 6.07) is 14.6. The number of piperazine rings is 1. The van der Waals surface area contributed by atoms with Crippen LogP contribution in [0.25, 0.3) is 0 Å². The summed E-state index contributed by atoms with van der Waals surface area (Å²) in [6.07, 6.45) is 1.28. The molecule has 2 aliphatic heterocycles. The topological polar surface area (TPSA) is 112 Å². The fourth-order valence-corrected chi connectivity index (χ4v) is 4.69. The van der Waals surface area contributed by atoms with Gasteiger partial charge in [-0.1, -0.05) is 0 Å². The minimum absolute atomic E-state index is 0.00581. The molecule has 2 fully saturated rings. The van der Waals surface area contributed by atoms with Gasteiger partial charge in [-0.05, 0) is 55.0 Å². The van der Waals surface area contributed by atoms with Crippen molar-refractivity contribution in [1.29, 1.82) is 0 Å². The van der Waals surface area contributed by atoms with Gasteiger partial charge >= 0.3 is 5.97 Å². The molecule has 10 heteroatoms. The summed E-state index contributed by atoms with van der Waals surface area (Å²) in [4.78, 5) is 41.0. The average molecular weight is 511 g/mol. The average Bonchev–Trinajstić information content (AvgIpc) is 2.93. The molecule has 10 nitrogen and oxygen atoms in total. The van der Waals surface area contributed by atoms with E-state index in [9.17, 15) is 14.4 Å². The van der Waals surface area contributed by atoms with Gasteiger partial charge in [-0.3, -0.25) is 14.4 Å². The smallest absolute Gasteiger partial charge is 0.303 e. The molecular weight excluding hydrogens is 476 g/mol. The first-order valence-electron chi connectivity index (χ1n) is 12.6. The largest absolute Gasteiger partial charge is 0.481 e. The number of carboxylic acids is 1. The minimum atomic E-state index is -0.884. The predicted octanol–water partition coefficient (Wildman–Crippen LogP) is 2.05. The lowest BCUT2D eigenvalue weighted by Gasteiger charge is -2.36. The normalized spacial score (nSPS) is 19.8. The van der Waals surface area contributed by atoms with E-state index in [-0.39, 0.29) is 24.4 Å². The molecule has 37 heavy (non-hydrogen) atoms. The zero-order valence-corrected chi connectivity index (χ0v) is 21.0. The van der Waals surface area contributed by atoms with Crippen molar-refractivity contribution in [1.82, 2.24) is 15.1 Å². The first-order valence-corrected chi connectivity index (χ1v) is 12.6. The Balaban J connectivity index is 1.33. The minimum Gasteiger partial charge on any atom is -0.481 e. The lowest BCUT2D eigenvalue weighted by Crippen LogP contribution is -2.54. The highest BCUT2D eigenvalue weighted by Gasteiger charge is 2.28. The third-order valence-electron chi connectivity index (χ3n) is 6.81. The summed E-state index contributed by atoms with van der Waals surface area (Å²) < 4.78 is 11.4. The van der Waals surface area contributed by atoms with Gasteiger partial charge in [0.25, 0.3) is 5.91 Å². The van der Waals surface area contributed by atoms with Crippen molar-refractivity contribution >= 4 is 24.0 Å². The number of anilines is 1. The second-order valence-electron chi connectivity index (χ2n) is 9.36. The Labute approximate surface area is 216 Å². The van der Waals surface area contributed by atoms with E-state index in [0.717, 1.165) is 38.3 Å². The van der Waals surface area contributed by atoms with Crippen LogP contribution >= 0.6 is 0 Å². The van der Waals surface area contributed by atoms with Crippen LogP contribution in [-0.2, 0) is 14.3 Å². The summed E-state index contributed by atoms with van der Waals surface area (Å²) >= 11 is 0. The molecular formula is C27H34N4O6. The summed E-state index contributed by atoms with van der Waals surface area (Å²) in [7, 11) is 2.00. The van der Waals surface area contributed by atoms with E-state index in [1.54, 1.807) is 29.2 Å². The summed E-state index contributed by atoms with van der Waals surface area (Å²) in [6.45, 7) is 4.26. The number of benzene rings is 2. The van der Waals surface area contributed by atoms with Crippen molar-refractivity contribution in [3.8, 4) is 11.5 Å². The zero-order chi connectivity index (χ0) is 26.2. The van der Waals surface area contributed by atoms with Crippen molar-refractivity contribution in [3.63, 3.8) is 0 Å². The molecule has 1 unspecified atom stereocenters. The summed E-state index contributed by atoms with van der Waals surface area (Å²) in [5.74, 6) is 0.258. The fraction of sp³-hybridized carbons (Fsp3) is 0.444. The van der Waals surface area contributed by atoms with Gasteiger partial charge in [0.1, 0.15) is 11.5 Å². The fourth-order valence-electron chi connectivity index (χ4n) is 4.69. The Morgan fingerprint density at radius 3 is 2.49 bits per heavy atom. The number of nitrogens with one attached hydrogen (secondary N) is 1. The maximum absolute atomic E-state index is 13.1. The molecule has 2 aliphatic rings. The second-order valence-corrected chi connectivity index (χ2v) is 9.36. The third kappa shape index (κ3) is 6.99. The van der Waals surface area contributed by atoms with Crippen LogP contribution in [0.3, 0.4) is 0 Å². The number of rotatable bonds is 10. The van der Waals surface area contributed by atoms with Gasteiger partial charge in [-0.25, -0.2) is 0 Å². The van der Waals surface area contributed by atoms with E-state index in [0.29, 0.717) is 43.2 Å². The number of likely N-dealkylation sites (N-methyl/N-ethyl adjacent to an activating group) is 1. The molecule has 0 saturated carbocycles. The Hall–Kier alpha value is -3.63. The Morgan fingerprint density at radius 1 is 1.11 bits per heavy atom. The van der Waals surface area contributed by atoms with Gasteiger partial charge in [0.05, 0.1) is 25.3 Å². The zero-order valence-electron chi connectivity index (χ0n) is 21.0. The monoisotopic (exact) mass is 510 g/mol. The van der Waals surface area contributed by atoms with Crippen LogP contribution in [0.1, 0.15) is 23.2 Å². The van der Waals surface area contributed by atoms with Gasteiger partial charge in [-0.15, -0.1) is 0 Å². The highest BCUT2D eigenvalue weighted by Crippen LogP contribution is 2.26. The molecule has 2 aromatic rings. The van der Waals surface area contributed by atoms with Gasteiger partial charge in [0.2, 0.25) is 6.41 Å². The maximum atomic E-state index is 13.1. The lowest BCUT2D eigenvalue weighted by molar-refractivity contribution is -0.137. The second kappa shape index (κ2) is 12.6. The molecule has 2 N–H and O–H groups in total. The SMILES string of the molecule is CN(CC1CNCCN1C=O)c1ccc(Oc2ccc(C(=O)N3CCOC[C@@H]3CCC(=O)O)cc2)cc1. The number of nitrogens with zero attached hydrogens (tertiary/aromatic N) is 3. The van der Waals surface area contributed by atoms with E-state index in [1.807, 2.05) is 36.2 Å². The molecule has 0 radical (unpaired) electrons. The van der Waals surface area contributed by atoms with E-state index in [4.69, 9.17) is 14.6 Å². The van der Waals surface area contributed by atoms with Crippen molar-refractivity contribution < 1.29 is 29.0 Å². The van der Waals surface area contributed by atoms with Crippen LogP contribution in [-0.4, -0.2) is 98.3 Å². The van der Waals surface area contributed by atoms with Crippen LogP contribution < -0.4 is 15.0 Å². The Bertz CT molecular complexity index is 1060. The van der Waals surface area contributed by atoms with E-state index in [2.05, 4.69) is 10.2 Å². The number of aliphatic carboxylic acids is 1. The van der Waals surface area contributed by atoms with Crippen LogP contribution in [0.5, 0.6) is 11.5 Å². The maximum Gasteiger partial charge on any atom is 0.303 e. The predicted molar refractivity (Wildman–Crippen MR) is 138 cm³/mol. The number of hydrogen-bond donors (Lipinski definition) is 2. The number of carbonyl (C=O) groups is 3. The van der Waals surface area contributed by atoms with Crippen LogP contribution in [0, 0.1) is 0 Å². The quantitative estimate of drug-likeness (QED) is 0.467. The van der Waals surface area contributed by atoms with Crippen LogP contribution in [0.2, 0.25) is 0 Å². The highest BCUT2D eigenvalue weighted by molar-refractivity contribution is 5.94. The Morgan fingerprint density at radius 2 is 1.81 bits per heavy atom. The molecule has 0 aromatic heterocycles. The number of carboxylic acid groups (broad SMARTS) is 1. The van der Waals surface area contributed by atoms with Gasteiger partial charge in [0, 0.05) is 57.4 Å². The standard InChI is InChI=1S/C27H34N4O6/c1-29(17-23-16-28-12-13-30(23)19-32)21-4-9-25(10-5-21)37-24-7-2-20(3-8-24)27(35)31-14-15-36-18-22(31)6-11-26(33)34/h2-5,7-10,19,22-23,28H,6,11-18H2,1H3,(H,33,34)/t22-,23?/m0/s1. The van der Waals surface area contributed by atoms with Crippen molar-refractivity contribution in [2.24, 2.45) is 0 Å². The van der Waals surface area contributed by atoms with Crippen molar-refractivity contribution in [2.45, 2.75) is 24.9 Å². The van der Waals surface area contributed by atoms with E-state index < -0.39 is 5.97 Å². The lowest BCUT2D eigenvalue weighted by atomic mass is 10.1. The van der Waals surface area contributed by atoms with Crippen LogP contribution in [0.15, 0.2) is 48.5 Å². The number of morpholine rings is 1.